The van der Waals surface area contributed by atoms with Crippen LogP contribution in [0.25, 0.3) is 0 Å². The first-order valence-electron chi connectivity index (χ1n) is 8.11. The lowest BCUT2D eigenvalue weighted by Gasteiger charge is -2.38. The van der Waals surface area contributed by atoms with Crippen LogP contribution in [0.2, 0.25) is 0 Å². The van der Waals surface area contributed by atoms with Gasteiger partial charge in [-0.2, -0.15) is 0 Å². The van der Waals surface area contributed by atoms with E-state index in [2.05, 4.69) is 0 Å². The maximum Gasteiger partial charge on any atom is 0.327 e. The Morgan fingerprint density at radius 1 is 1.22 bits per heavy atom. The second kappa shape index (κ2) is 6.19. The summed E-state index contributed by atoms with van der Waals surface area (Å²) in [4.78, 5) is 25.4. The van der Waals surface area contributed by atoms with Gasteiger partial charge in [-0.05, 0) is 44.7 Å². The van der Waals surface area contributed by atoms with Crippen LogP contribution in [-0.2, 0) is 19.1 Å². The third kappa shape index (κ3) is 2.99. The molecule has 0 amide bonds. The Morgan fingerprint density at radius 2 is 1.87 bits per heavy atom. The van der Waals surface area contributed by atoms with E-state index < -0.39 is 16.5 Å². The van der Waals surface area contributed by atoms with E-state index in [-0.39, 0.29) is 11.9 Å². The van der Waals surface area contributed by atoms with Crippen molar-refractivity contribution in [3.8, 4) is 0 Å². The summed E-state index contributed by atoms with van der Waals surface area (Å²) in [7, 11) is 0. The number of thioether (sulfide) groups is 1. The van der Waals surface area contributed by atoms with Crippen molar-refractivity contribution in [2.45, 2.75) is 67.3 Å². The molecule has 1 aliphatic heterocycles. The van der Waals surface area contributed by atoms with Crippen LogP contribution in [-0.4, -0.2) is 28.4 Å². The van der Waals surface area contributed by atoms with E-state index in [4.69, 9.17) is 9.47 Å². The predicted octanol–water partition coefficient (Wildman–Crippen LogP) is 3.73. The third-order valence-electron chi connectivity index (χ3n) is 4.74. The molecule has 1 saturated heterocycles. The molecule has 1 aromatic carbocycles. The molecule has 0 radical (unpaired) electrons. The SMILES string of the molecule is CC(=O)O[C@@H]1C2(CCCCC2)OC(=O)[C@]1(C)Sc1ccccc1. The number of carbonyl (C=O) groups excluding carboxylic acids is 2. The smallest absolute Gasteiger partial charge is 0.327 e. The molecule has 2 aliphatic rings. The van der Waals surface area contributed by atoms with Crippen molar-refractivity contribution >= 4 is 23.7 Å². The topological polar surface area (TPSA) is 52.6 Å². The quantitative estimate of drug-likeness (QED) is 0.788. The zero-order valence-electron chi connectivity index (χ0n) is 13.5. The molecule has 1 aromatic rings. The molecule has 124 valence electrons. The second-order valence-corrected chi connectivity index (χ2v) is 8.05. The van der Waals surface area contributed by atoms with E-state index in [1.807, 2.05) is 37.3 Å². The molecule has 4 nitrogen and oxygen atoms in total. The number of rotatable bonds is 3. The predicted molar refractivity (Wildman–Crippen MR) is 88.2 cm³/mol. The Labute approximate surface area is 140 Å². The highest BCUT2D eigenvalue weighted by atomic mass is 32.2. The Hall–Kier alpha value is -1.49. The standard InChI is InChI=1S/C18H22O4S/c1-13(19)21-15-17(2,23-14-9-5-3-6-10-14)16(20)22-18(15)11-7-4-8-12-18/h3,5-6,9-10,15H,4,7-8,11-12H2,1-2H3/t15-,17+/m0/s1. The molecule has 1 spiro atoms. The summed E-state index contributed by atoms with van der Waals surface area (Å²) in [6, 6.07) is 9.72. The number of hydrogen-bond donors (Lipinski definition) is 0. The van der Waals surface area contributed by atoms with Gasteiger partial charge in [0.05, 0.1) is 0 Å². The Bertz CT molecular complexity index is 594. The number of esters is 2. The lowest BCUT2D eigenvalue weighted by Crippen LogP contribution is -2.51. The van der Waals surface area contributed by atoms with Crippen molar-refractivity contribution < 1.29 is 19.1 Å². The minimum absolute atomic E-state index is 0.278. The molecule has 0 bridgehead atoms. The van der Waals surface area contributed by atoms with Crippen LogP contribution in [0.1, 0.15) is 46.0 Å². The first kappa shape index (κ1) is 16.4. The van der Waals surface area contributed by atoms with Gasteiger partial charge in [-0.15, -0.1) is 11.8 Å². The van der Waals surface area contributed by atoms with Crippen molar-refractivity contribution in [2.24, 2.45) is 0 Å². The van der Waals surface area contributed by atoms with E-state index in [9.17, 15) is 9.59 Å². The van der Waals surface area contributed by atoms with Gasteiger partial charge in [-0.3, -0.25) is 9.59 Å². The highest BCUT2D eigenvalue weighted by molar-refractivity contribution is 8.01. The summed E-state index contributed by atoms with van der Waals surface area (Å²) >= 11 is 1.43. The molecular weight excluding hydrogens is 312 g/mol. The summed E-state index contributed by atoms with van der Waals surface area (Å²) in [6.45, 7) is 3.23. The maximum absolute atomic E-state index is 12.7. The highest BCUT2D eigenvalue weighted by Gasteiger charge is 2.65. The summed E-state index contributed by atoms with van der Waals surface area (Å²) < 4.78 is 10.6. The fourth-order valence-corrected chi connectivity index (χ4v) is 4.96. The number of benzene rings is 1. The average Bonchev–Trinajstić information content (AvgIpc) is 2.70. The summed E-state index contributed by atoms with van der Waals surface area (Å²) in [6.07, 6.45) is 4.11. The van der Waals surface area contributed by atoms with Crippen LogP contribution in [0.15, 0.2) is 35.2 Å². The summed E-state index contributed by atoms with van der Waals surface area (Å²) in [5, 5.41) is 0. The van der Waals surface area contributed by atoms with E-state index in [0.29, 0.717) is 0 Å². The van der Waals surface area contributed by atoms with Gasteiger partial charge in [0.2, 0.25) is 0 Å². The van der Waals surface area contributed by atoms with E-state index >= 15 is 0 Å². The van der Waals surface area contributed by atoms with E-state index in [1.54, 1.807) is 0 Å². The molecule has 2 fully saturated rings. The first-order valence-corrected chi connectivity index (χ1v) is 8.93. The molecule has 2 atom stereocenters. The van der Waals surface area contributed by atoms with Crippen LogP contribution in [0.3, 0.4) is 0 Å². The summed E-state index contributed by atoms with van der Waals surface area (Å²) in [5.41, 5.74) is -0.655. The fourth-order valence-electron chi connectivity index (χ4n) is 3.68. The molecular formula is C18H22O4S. The van der Waals surface area contributed by atoms with Gasteiger partial charge in [-0.1, -0.05) is 24.6 Å². The van der Waals surface area contributed by atoms with Crippen molar-refractivity contribution in [1.29, 1.82) is 0 Å². The first-order chi connectivity index (χ1) is 11.0. The average molecular weight is 334 g/mol. The monoisotopic (exact) mass is 334 g/mol. The molecule has 23 heavy (non-hydrogen) atoms. The van der Waals surface area contributed by atoms with Gasteiger partial charge < -0.3 is 9.47 Å². The van der Waals surface area contributed by atoms with Gasteiger partial charge in [0.25, 0.3) is 0 Å². The van der Waals surface area contributed by atoms with Crippen molar-refractivity contribution in [1.82, 2.24) is 0 Å². The molecule has 0 N–H and O–H groups in total. The van der Waals surface area contributed by atoms with Gasteiger partial charge in [0, 0.05) is 11.8 Å². The minimum Gasteiger partial charge on any atom is -0.456 e. The highest BCUT2D eigenvalue weighted by Crippen LogP contribution is 2.52. The second-order valence-electron chi connectivity index (χ2n) is 6.53. The van der Waals surface area contributed by atoms with Crippen LogP contribution in [0.5, 0.6) is 0 Å². The Balaban J connectivity index is 1.95. The molecule has 1 heterocycles. The normalized spacial score (nSPS) is 29.3. The molecule has 0 unspecified atom stereocenters. The minimum atomic E-state index is -0.912. The van der Waals surface area contributed by atoms with Crippen LogP contribution in [0.4, 0.5) is 0 Å². The largest absolute Gasteiger partial charge is 0.456 e. The molecule has 3 rings (SSSR count). The van der Waals surface area contributed by atoms with E-state index in [1.165, 1.54) is 18.7 Å². The molecule has 1 saturated carbocycles. The van der Waals surface area contributed by atoms with Crippen LogP contribution < -0.4 is 0 Å². The van der Waals surface area contributed by atoms with Crippen LogP contribution >= 0.6 is 11.8 Å². The number of carbonyl (C=O) groups is 2. The molecule has 0 aromatic heterocycles. The number of hydrogen-bond acceptors (Lipinski definition) is 5. The third-order valence-corrected chi connectivity index (χ3v) is 6.05. The summed E-state index contributed by atoms with van der Waals surface area (Å²) in [5.74, 6) is -0.641. The fraction of sp³-hybridized carbons (Fsp3) is 0.556. The molecule has 5 heteroatoms. The lowest BCUT2D eigenvalue weighted by atomic mass is 9.78. The van der Waals surface area contributed by atoms with Gasteiger partial charge in [-0.25, -0.2) is 0 Å². The lowest BCUT2D eigenvalue weighted by molar-refractivity contribution is -0.166. The zero-order valence-corrected chi connectivity index (χ0v) is 14.4. The zero-order chi connectivity index (χ0) is 16.5. The van der Waals surface area contributed by atoms with Crippen molar-refractivity contribution in [3.63, 3.8) is 0 Å². The Morgan fingerprint density at radius 3 is 2.48 bits per heavy atom. The Kier molecular flexibility index (Phi) is 4.41. The number of ether oxygens (including phenoxy) is 2. The maximum atomic E-state index is 12.7. The molecule has 1 aliphatic carbocycles. The van der Waals surface area contributed by atoms with Crippen LogP contribution in [0, 0.1) is 0 Å². The van der Waals surface area contributed by atoms with Gasteiger partial charge in [0.1, 0.15) is 0 Å². The van der Waals surface area contributed by atoms with Gasteiger partial charge in [0.15, 0.2) is 16.5 Å². The van der Waals surface area contributed by atoms with Gasteiger partial charge >= 0.3 is 11.9 Å². The van der Waals surface area contributed by atoms with Crippen molar-refractivity contribution in [3.05, 3.63) is 30.3 Å². The van der Waals surface area contributed by atoms with Crippen molar-refractivity contribution in [2.75, 3.05) is 0 Å². The van der Waals surface area contributed by atoms with E-state index in [0.717, 1.165) is 37.0 Å².